The van der Waals surface area contributed by atoms with Crippen molar-refractivity contribution in [2.24, 2.45) is 5.92 Å². The summed E-state index contributed by atoms with van der Waals surface area (Å²) in [7, 11) is 0. The van der Waals surface area contributed by atoms with Gasteiger partial charge < -0.3 is 5.32 Å². The summed E-state index contributed by atoms with van der Waals surface area (Å²) in [5, 5.41) is 3.62. The standard InChI is InChI=1S/C15H32N2S/c1-12(2)14(11-16-13(3)4)17-8-7-15(5,6)18-10-9-17/h12-14,16H,7-11H2,1-6H3. The summed E-state index contributed by atoms with van der Waals surface area (Å²) in [5.41, 5.74) is 0. The molecule has 1 aliphatic rings. The lowest BCUT2D eigenvalue weighted by molar-refractivity contribution is 0.156. The zero-order chi connectivity index (χ0) is 13.8. The zero-order valence-electron chi connectivity index (χ0n) is 13.1. The predicted octanol–water partition coefficient (Wildman–Crippen LogP) is 3.23. The molecule has 3 heteroatoms. The van der Waals surface area contributed by atoms with E-state index in [1.807, 2.05) is 0 Å². The molecule has 0 aliphatic carbocycles. The fourth-order valence-electron chi connectivity index (χ4n) is 2.51. The minimum atomic E-state index is 0.460. The molecule has 1 heterocycles. The molecule has 108 valence electrons. The van der Waals surface area contributed by atoms with Crippen LogP contribution in [-0.2, 0) is 0 Å². The van der Waals surface area contributed by atoms with Crippen molar-refractivity contribution in [3.8, 4) is 0 Å². The van der Waals surface area contributed by atoms with Gasteiger partial charge in [-0.15, -0.1) is 0 Å². The van der Waals surface area contributed by atoms with Crippen LogP contribution in [0.2, 0.25) is 0 Å². The van der Waals surface area contributed by atoms with E-state index in [1.165, 1.54) is 25.3 Å². The highest BCUT2D eigenvalue weighted by Crippen LogP contribution is 2.31. The van der Waals surface area contributed by atoms with Crippen LogP contribution in [0, 0.1) is 5.92 Å². The van der Waals surface area contributed by atoms with Gasteiger partial charge in [-0.1, -0.05) is 41.5 Å². The Balaban J connectivity index is 2.56. The number of hydrogen-bond donors (Lipinski definition) is 1. The number of nitrogens with one attached hydrogen (secondary N) is 1. The van der Waals surface area contributed by atoms with Gasteiger partial charge in [-0.2, -0.15) is 11.8 Å². The zero-order valence-corrected chi connectivity index (χ0v) is 13.9. The normalized spacial score (nSPS) is 23.3. The monoisotopic (exact) mass is 272 g/mol. The van der Waals surface area contributed by atoms with Crippen molar-refractivity contribution < 1.29 is 0 Å². The van der Waals surface area contributed by atoms with E-state index in [-0.39, 0.29) is 0 Å². The summed E-state index contributed by atoms with van der Waals surface area (Å²) < 4.78 is 0.460. The van der Waals surface area contributed by atoms with E-state index in [0.717, 1.165) is 12.5 Å². The van der Waals surface area contributed by atoms with E-state index >= 15 is 0 Å². The third-order valence-corrected chi connectivity index (χ3v) is 5.22. The molecular formula is C15H32N2S. The molecule has 0 radical (unpaired) electrons. The average Bonchev–Trinajstić information content (AvgIpc) is 2.40. The van der Waals surface area contributed by atoms with E-state index < -0.39 is 0 Å². The van der Waals surface area contributed by atoms with Crippen molar-refractivity contribution in [3.63, 3.8) is 0 Å². The molecule has 0 aromatic carbocycles. The summed E-state index contributed by atoms with van der Waals surface area (Å²) in [6.45, 7) is 17.6. The molecule has 0 saturated carbocycles. The molecule has 1 saturated heterocycles. The molecule has 18 heavy (non-hydrogen) atoms. The first kappa shape index (κ1) is 16.3. The first-order valence-electron chi connectivity index (χ1n) is 7.43. The quantitative estimate of drug-likeness (QED) is 0.827. The first-order valence-corrected chi connectivity index (χ1v) is 8.42. The SMILES string of the molecule is CC(C)NCC(C(C)C)N1CCSC(C)(C)CC1. The van der Waals surface area contributed by atoms with E-state index in [2.05, 4.69) is 63.5 Å². The van der Waals surface area contributed by atoms with Gasteiger partial charge in [0.25, 0.3) is 0 Å². The largest absolute Gasteiger partial charge is 0.313 e. The Kier molecular flexibility index (Phi) is 6.49. The van der Waals surface area contributed by atoms with E-state index in [4.69, 9.17) is 0 Å². The third kappa shape index (κ3) is 5.50. The summed E-state index contributed by atoms with van der Waals surface area (Å²) in [5.74, 6) is 2.00. The molecule has 1 rings (SSSR count). The third-order valence-electron chi connectivity index (χ3n) is 3.85. The predicted molar refractivity (Wildman–Crippen MR) is 84.5 cm³/mol. The van der Waals surface area contributed by atoms with E-state index in [0.29, 0.717) is 16.8 Å². The van der Waals surface area contributed by atoms with Crippen molar-refractivity contribution in [1.82, 2.24) is 10.2 Å². The molecule has 1 aliphatic heterocycles. The van der Waals surface area contributed by atoms with Crippen LogP contribution in [0.1, 0.15) is 48.0 Å². The molecule has 1 unspecified atom stereocenters. The maximum Gasteiger partial charge on any atom is 0.0244 e. The van der Waals surface area contributed by atoms with Crippen LogP contribution in [0.5, 0.6) is 0 Å². The van der Waals surface area contributed by atoms with Crippen molar-refractivity contribution in [2.45, 2.75) is 64.8 Å². The van der Waals surface area contributed by atoms with Crippen molar-refractivity contribution in [3.05, 3.63) is 0 Å². The second-order valence-corrected chi connectivity index (χ2v) is 8.57. The van der Waals surface area contributed by atoms with Crippen molar-refractivity contribution in [1.29, 1.82) is 0 Å². The summed E-state index contributed by atoms with van der Waals surface area (Å²) in [6, 6.07) is 1.27. The average molecular weight is 273 g/mol. The molecular weight excluding hydrogens is 240 g/mol. The van der Waals surface area contributed by atoms with Crippen LogP contribution in [0.25, 0.3) is 0 Å². The van der Waals surface area contributed by atoms with Crippen LogP contribution in [0.4, 0.5) is 0 Å². The lowest BCUT2D eigenvalue weighted by Gasteiger charge is -2.34. The van der Waals surface area contributed by atoms with Gasteiger partial charge in [-0.3, -0.25) is 4.90 Å². The fraction of sp³-hybridized carbons (Fsp3) is 1.00. The molecule has 0 aromatic rings. The minimum Gasteiger partial charge on any atom is -0.313 e. The first-order chi connectivity index (χ1) is 8.32. The van der Waals surface area contributed by atoms with Gasteiger partial charge in [0.05, 0.1) is 0 Å². The van der Waals surface area contributed by atoms with Gasteiger partial charge in [0.1, 0.15) is 0 Å². The van der Waals surface area contributed by atoms with Gasteiger partial charge in [-0.25, -0.2) is 0 Å². The molecule has 1 atom stereocenters. The van der Waals surface area contributed by atoms with Crippen LogP contribution in [0.3, 0.4) is 0 Å². The smallest absolute Gasteiger partial charge is 0.0244 e. The van der Waals surface area contributed by atoms with Gasteiger partial charge >= 0.3 is 0 Å². The van der Waals surface area contributed by atoms with Crippen LogP contribution >= 0.6 is 11.8 Å². The summed E-state index contributed by atoms with van der Waals surface area (Å²) in [4.78, 5) is 2.71. The Morgan fingerprint density at radius 3 is 2.39 bits per heavy atom. The molecule has 2 nitrogen and oxygen atoms in total. The Bertz CT molecular complexity index is 239. The minimum absolute atomic E-state index is 0.460. The Labute approximate surface area is 118 Å². The van der Waals surface area contributed by atoms with Crippen LogP contribution < -0.4 is 5.32 Å². The fourth-order valence-corrected chi connectivity index (χ4v) is 3.62. The molecule has 1 N–H and O–H groups in total. The highest BCUT2D eigenvalue weighted by atomic mass is 32.2. The molecule has 0 aromatic heterocycles. The van der Waals surface area contributed by atoms with Crippen LogP contribution in [-0.4, -0.2) is 47.1 Å². The Hall–Kier alpha value is 0.270. The van der Waals surface area contributed by atoms with Crippen molar-refractivity contribution >= 4 is 11.8 Å². The number of hydrogen-bond acceptors (Lipinski definition) is 3. The lowest BCUT2D eigenvalue weighted by atomic mass is 10.0. The maximum atomic E-state index is 3.62. The second-order valence-electron chi connectivity index (χ2n) is 6.77. The molecule has 0 spiro atoms. The number of rotatable bonds is 5. The van der Waals surface area contributed by atoms with Gasteiger partial charge in [0, 0.05) is 35.7 Å². The van der Waals surface area contributed by atoms with Gasteiger partial charge in [0.15, 0.2) is 0 Å². The van der Waals surface area contributed by atoms with E-state index in [9.17, 15) is 0 Å². The Morgan fingerprint density at radius 2 is 1.83 bits per heavy atom. The number of thioether (sulfide) groups is 1. The lowest BCUT2D eigenvalue weighted by Crippen LogP contribution is -2.48. The topological polar surface area (TPSA) is 15.3 Å². The molecule has 1 fully saturated rings. The van der Waals surface area contributed by atoms with Gasteiger partial charge in [-0.05, 0) is 18.9 Å². The maximum absolute atomic E-state index is 3.62. The number of nitrogens with zero attached hydrogens (tertiary/aromatic N) is 1. The van der Waals surface area contributed by atoms with Crippen molar-refractivity contribution in [2.75, 3.05) is 25.4 Å². The summed E-state index contributed by atoms with van der Waals surface area (Å²) >= 11 is 2.14. The van der Waals surface area contributed by atoms with Gasteiger partial charge in [0.2, 0.25) is 0 Å². The Morgan fingerprint density at radius 1 is 1.17 bits per heavy atom. The van der Waals surface area contributed by atoms with E-state index in [1.54, 1.807) is 0 Å². The highest BCUT2D eigenvalue weighted by Gasteiger charge is 2.28. The van der Waals surface area contributed by atoms with Crippen LogP contribution in [0.15, 0.2) is 0 Å². The molecule has 0 bridgehead atoms. The highest BCUT2D eigenvalue weighted by molar-refractivity contribution is 8.00. The molecule has 0 amide bonds. The summed E-state index contributed by atoms with van der Waals surface area (Å²) in [6.07, 6.45) is 1.31. The second kappa shape index (κ2) is 7.16.